The topological polar surface area (TPSA) is 178 Å². The molecule has 11 heteroatoms. The van der Waals surface area contributed by atoms with Gasteiger partial charge in [-0.3, -0.25) is 18.6 Å². The van der Waals surface area contributed by atoms with Gasteiger partial charge in [0, 0.05) is 40.9 Å². The Balaban J connectivity index is 1.71. The lowest BCUT2D eigenvalue weighted by Gasteiger charge is -2.60. The number of ketones is 2. The molecule has 0 aromatic carbocycles. The first-order valence-corrected chi connectivity index (χ1v) is 14.9. The number of aliphatic carboxylic acids is 1. The highest BCUT2D eigenvalue weighted by Crippen LogP contribution is 2.62. The van der Waals surface area contributed by atoms with Crippen LogP contribution in [0.5, 0.6) is 0 Å². The third kappa shape index (κ3) is 4.55. The summed E-state index contributed by atoms with van der Waals surface area (Å²) < 4.78 is 13.0. The molecule has 0 bridgehead atoms. The number of hydrogen-bond donors (Lipinski definition) is 5. The summed E-state index contributed by atoms with van der Waals surface area (Å²) in [6.45, 7) is 7.91. The van der Waals surface area contributed by atoms with E-state index in [4.69, 9.17) is 0 Å². The first-order valence-electron chi connectivity index (χ1n) is 13.4. The number of Topliss-reactive ketones (excluding diaryl/α,β-unsaturated/α-hetero) is 2. The van der Waals surface area contributed by atoms with E-state index in [0.717, 1.165) is 6.92 Å². The van der Waals surface area contributed by atoms with Crippen molar-refractivity contribution in [3.63, 3.8) is 0 Å². The van der Waals surface area contributed by atoms with Gasteiger partial charge in [0.15, 0.2) is 11.6 Å². The lowest BCUT2D eigenvalue weighted by Crippen LogP contribution is -2.68. The summed E-state index contributed by atoms with van der Waals surface area (Å²) in [5, 5.41) is 46.0. The fourth-order valence-electron chi connectivity index (χ4n) is 7.59. The summed E-state index contributed by atoms with van der Waals surface area (Å²) >= 11 is 0. The molecule has 0 aromatic heterocycles. The minimum absolute atomic E-state index is 0.0371. The monoisotopic (exact) mass is 565 g/mol. The van der Waals surface area contributed by atoms with E-state index in [2.05, 4.69) is 5.32 Å². The molecule has 12 atom stereocenters. The molecule has 0 saturated heterocycles. The molecular weight excluding hydrogens is 526 g/mol. The highest BCUT2D eigenvalue weighted by Gasteiger charge is 2.68. The molecule has 10 nitrogen and oxygen atoms in total. The molecule has 0 radical (unpaired) electrons. The Hall–Kier alpha value is -2.21. The van der Waals surface area contributed by atoms with Gasteiger partial charge in [0.05, 0.1) is 23.2 Å². The molecule has 0 heterocycles. The Labute approximate surface area is 230 Å². The van der Waals surface area contributed by atoms with Gasteiger partial charge in [-0.1, -0.05) is 39.0 Å². The minimum atomic E-state index is -2.25. The molecule has 39 heavy (non-hydrogen) atoms. The maximum absolute atomic E-state index is 14.3. The molecular formula is C28H39NO9S. The summed E-state index contributed by atoms with van der Waals surface area (Å²) in [4.78, 5) is 51.2. The zero-order chi connectivity index (χ0) is 29.2. The van der Waals surface area contributed by atoms with E-state index in [1.54, 1.807) is 19.9 Å². The second-order valence-corrected chi connectivity index (χ2v) is 13.9. The van der Waals surface area contributed by atoms with Crippen molar-refractivity contribution in [2.24, 2.45) is 40.9 Å². The average molecular weight is 566 g/mol. The van der Waals surface area contributed by atoms with Crippen molar-refractivity contribution in [3.05, 3.63) is 23.8 Å². The van der Waals surface area contributed by atoms with Crippen LogP contribution >= 0.6 is 0 Å². The predicted octanol–water partition coefficient (Wildman–Crippen LogP) is 0.366. The maximum atomic E-state index is 14.3. The van der Waals surface area contributed by atoms with E-state index in [0.29, 0.717) is 12.8 Å². The molecule has 0 aliphatic heterocycles. The normalized spacial score (nSPS) is 44.8. The van der Waals surface area contributed by atoms with E-state index >= 15 is 0 Å². The number of carbonyl (C=O) groups is 4. The first-order chi connectivity index (χ1) is 18.0. The second kappa shape index (κ2) is 10.0. The molecule has 4 aliphatic carbocycles. The zero-order valence-electron chi connectivity index (χ0n) is 22.9. The number of carboxylic acid groups (broad SMARTS) is 1. The molecule has 2 saturated carbocycles. The Morgan fingerprint density at radius 3 is 2.36 bits per heavy atom. The van der Waals surface area contributed by atoms with Crippen molar-refractivity contribution in [3.8, 4) is 0 Å². The SMILES string of the molecule is CC(=O)N[C@@H](C[S@](=O)C[C@]1(O)C(=O)[C@@H]2C(=O)[C@]3(C)[C@@H]4CC[C@@H](C)[C@@H](O)[C@H]4C=C[C@H]3[C@](C)(O)C2=C[C@@H]1C)C(=O)O. The molecule has 5 N–H and O–H groups in total. The first kappa shape index (κ1) is 29.8. The van der Waals surface area contributed by atoms with Gasteiger partial charge in [0.2, 0.25) is 5.91 Å². The van der Waals surface area contributed by atoms with Crippen LogP contribution in [0.4, 0.5) is 0 Å². The van der Waals surface area contributed by atoms with Crippen LogP contribution in [-0.2, 0) is 30.0 Å². The number of rotatable bonds is 6. The van der Waals surface area contributed by atoms with Gasteiger partial charge in [-0.25, -0.2) is 4.79 Å². The average Bonchev–Trinajstić information content (AvgIpc) is 2.83. The number of hydrogen-bond acceptors (Lipinski definition) is 8. The van der Waals surface area contributed by atoms with Gasteiger partial charge in [-0.2, -0.15) is 0 Å². The van der Waals surface area contributed by atoms with Crippen LogP contribution in [0, 0.1) is 40.9 Å². The fourth-order valence-corrected chi connectivity index (χ4v) is 9.20. The zero-order valence-corrected chi connectivity index (χ0v) is 23.7. The number of aliphatic hydroxyl groups excluding tert-OH is 1. The van der Waals surface area contributed by atoms with Crippen molar-refractivity contribution in [1.82, 2.24) is 5.32 Å². The van der Waals surface area contributed by atoms with Crippen LogP contribution in [0.25, 0.3) is 0 Å². The molecule has 0 aromatic rings. The second-order valence-electron chi connectivity index (χ2n) is 12.4. The highest BCUT2D eigenvalue weighted by atomic mass is 32.2. The van der Waals surface area contributed by atoms with Gasteiger partial charge in [0.1, 0.15) is 17.6 Å². The van der Waals surface area contributed by atoms with E-state index in [1.807, 2.05) is 13.0 Å². The Morgan fingerprint density at radius 2 is 1.77 bits per heavy atom. The highest BCUT2D eigenvalue weighted by molar-refractivity contribution is 7.85. The third-order valence-corrected chi connectivity index (χ3v) is 11.4. The van der Waals surface area contributed by atoms with Crippen LogP contribution in [0.15, 0.2) is 23.8 Å². The van der Waals surface area contributed by atoms with Gasteiger partial charge in [-0.05, 0) is 37.2 Å². The number of carbonyl (C=O) groups excluding carboxylic acids is 3. The van der Waals surface area contributed by atoms with Crippen molar-refractivity contribution >= 4 is 34.2 Å². The summed E-state index contributed by atoms with van der Waals surface area (Å²) in [6.07, 6.45) is 5.85. The van der Waals surface area contributed by atoms with E-state index in [1.165, 1.54) is 13.0 Å². The molecule has 0 unspecified atom stereocenters. The van der Waals surface area contributed by atoms with E-state index in [-0.39, 0.29) is 23.3 Å². The minimum Gasteiger partial charge on any atom is -0.480 e. The van der Waals surface area contributed by atoms with E-state index in [9.17, 15) is 43.8 Å². The number of aliphatic hydroxyl groups is 3. The van der Waals surface area contributed by atoms with Crippen LogP contribution in [-0.4, -0.2) is 82.9 Å². The van der Waals surface area contributed by atoms with Crippen molar-refractivity contribution in [2.45, 2.75) is 70.8 Å². The van der Waals surface area contributed by atoms with E-state index < -0.39 is 92.3 Å². The number of fused-ring (bicyclic) bond motifs is 4. The lowest BCUT2D eigenvalue weighted by atomic mass is 9.43. The van der Waals surface area contributed by atoms with Crippen molar-refractivity contribution < 1.29 is 43.8 Å². The largest absolute Gasteiger partial charge is 0.480 e. The molecule has 1 amide bonds. The van der Waals surface area contributed by atoms with Crippen LogP contribution < -0.4 is 5.32 Å². The van der Waals surface area contributed by atoms with Crippen molar-refractivity contribution in [2.75, 3.05) is 11.5 Å². The summed E-state index contributed by atoms with van der Waals surface area (Å²) in [5.74, 6) is -8.13. The van der Waals surface area contributed by atoms with Gasteiger partial charge >= 0.3 is 5.97 Å². The smallest absolute Gasteiger partial charge is 0.327 e. The Morgan fingerprint density at radius 1 is 1.13 bits per heavy atom. The Bertz CT molecular complexity index is 1180. The van der Waals surface area contributed by atoms with Crippen LogP contribution in [0.3, 0.4) is 0 Å². The quantitative estimate of drug-likeness (QED) is 0.225. The summed E-state index contributed by atoms with van der Waals surface area (Å²) in [5.41, 5.74) is -4.83. The van der Waals surface area contributed by atoms with Gasteiger partial charge in [-0.15, -0.1) is 0 Å². The number of amides is 1. The summed E-state index contributed by atoms with van der Waals surface area (Å²) in [6, 6.07) is -1.48. The van der Waals surface area contributed by atoms with Crippen LogP contribution in [0.1, 0.15) is 47.5 Å². The number of nitrogens with one attached hydrogen (secondary N) is 1. The molecule has 2 fully saturated rings. The third-order valence-electron chi connectivity index (χ3n) is 9.89. The Kier molecular flexibility index (Phi) is 7.64. The maximum Gasteiger partial charge on any atom is 0.327 e. The molecule has 216 valence electrons. The van der Waals surface area contributed by atoms with Gasteiger partial charge < -0.3 is 25.7 Å². The van der Waals surface area contributed by atoms with Crippen LogP contribution in [0.2, 0.25) is 0 Å². The standard InChI is InChI=1S/C28H39NO9S/c1-13-6-8-17-16(22(13)31)7-9-20-26(17,4)23(32)21-18(27(20,5)36)10-14(2)28(37,24(21)33)12-39(38)11-19(25(34)35)29-15(3)30/h7,9-10,13-14,16-17,19-22,31,36-37H,6,8,11-12H2,1-5H3,(H,29,30)(H,34,35)/t13-,14+,16+,17-,19+,20-,21+,22-,26-,27-,28-,39+/m1/s1. The predicted molar refractivity (Wildman–Crippen MR) is 142 cm³/mol. The molecule has 4 aliphatic rings. The molecule has 4 rings (SSSR count). The van der Waals surface area contributed by atoms with Gasteiger partial charge in [0.25, 0.3) is 0 Å². The summed E-state index contributed by atoms with van der Waals surface area (Å²) in [7, 11) is -2.06. The lowest BCUT2D eigenvalue weighted by molar-refractivity contribution is -0.171. The molecule has 0 spiro atoms. The van der Waals surface area contributed by atoms with Crippen molar-refractivity contribution in [1.29, 1.82) is 0 Å². The fraction of sp³-hybridized carbons (Fsp3) is 0.714. The number of carboxylic acids is 1.